The lowest BCUT2D eigenvalue weighted by molar-refractivity contribution is -0.124. The highest BCUT2D eigenvalue weighted by molar-refractivity contribution is 6.20. The van der Waals surface area contributed by atoms with Crippen molar-refractivity contribution < 1.29 is 9.53 Å². The highest BCUT2D eigenvalue weighted by Gasteiger charge is 2.91. The first-order valence-electron chi connectivity index (χ1n) is 2.36. The maximum Gasteiger partial charge on any atom is 0.202 e. The second kappa shape index (κ2) is 0.494. The van der Waals surface area contributed by atoms with Gasteiger partial charge in [-0.05, 0) is 13.8 Å². The number of epoxide rings is 1. The quantitative estimate of drug-likeness (QED) is 0.403. The van der Waals surface area contributed by atoms with Crippen LogP contribution in [0.2, 0.25) is 0 Å². The number of hydrogen-bond donors (Lipinski definition) is 0. The molecule has 38 valence electrons. The van der Waals surface area contributed by atoms with Crippen LogP contribution in [0.1, 0.15) is 13.8 Å². The van der Waals surface area contributed by atoms with Crippen molar-refractivity contribution in [1.29, 1.82) is 0 Å². The Labute approximate surface area is 41.5 Å². The molecule has 0 spiro atoms. The van der Waals surface area contributed by atoms with E-state index in [0.717, 1.165) is 0 Å². The summed E-state index contributed by atoms with van der Waals surface area (Å²) >= 11 is 0. The van der Waals surface area contributed by atoms with E-state index < -0.39 is 0 Å². The third-order valence-corrected chi connectivity index (χ3v) is 2.08. The minimum atomic E-state index is -0.326. The van der Waals surface area contributed by atoms with E-state index in [4.69, 9.17) is 4.74 Å². The van der Waals surface area contributed by atoms with Crippen LogP contribution in [-0.2, 0) is 9.53 Å². The molecule has 1 aliphatic heterocycles. The number of ketones is 1. The molecule has 2 atom stereocenters. The van der Waals surface area contributed by atoms with Gasteiger partial charge < -0.3 is 4.74 Å². The molecule has 0 aromatic heterocycles. The molecule has 0 bridgehead atoms. The lowest BCUT2D eigenvalue weighted by atomic mass is 10.4. The number of carbonyl (C=O) groups is 1. The SMILES string of the molecule is CC12OC1(C)C2=O. The van der Waals surface area contributed by atoms with E-state index in [2.05, 4.69) is 0 Å². The van der Waals surface area contributed by atoms with Crippen LogP contribution in [0.5, 0.6) is 0 Å². The molecule has 1 saturated heterocycles. The van der Waals surface area contributed by atoms with Gasteiger partial charge in [0, 0.05) is 0 Å². The minimum absolute atomic E-state index is 0.264. The zero-order chi connectivity index (χ0) is 5.28. The first-order valence-corrected chi connectivity index (χ1v) is 2.36. The largest absolute Gasteiger partial charge is 0.346 e. The molecule has 2 rings (SSSR count). The normalized spacial score (nSPS) is 64.6. The number of Topliss-reactive ketones (excluding diaryl/α,β-unsaturated/α-hetero) is 1. The summed E-state index contributed by atoms with van der Waals surface area (Å²) < 4.78 is 4.94. The summed E-state index contributed by atoms with van der Waals surface area (Å²) in [6.07, 6.45) is 0. The Morgan fingerprint density at radius 3 is 1.71 bits per heavy atom. The Morgan fingerprint density at radius 1 is 1.43 bits per heavy atom. The van der Waals surface area contributed by atoms with Crippen LogP contribution in [0.15, 0.2) is 0 Å². The third-order valence-electron chi connectivity index (χ3n) is 2.08. The Bertz CT molecular complexity index is 147. The molecular formula is C5H6O2. The van der Waals surface area contributed by atoms with Crippen LogP contribution in [0.25, 0.3) is 0 Å². The molecule has 0 N–H and O–H groups in total. The standard InChI is InChI=1S/C5H6O2/c1-4-3(6)5(4,2)7-4/h1-2H3. The fourth-order valence-corrected chi connectivity index (χ4v) is 1.02. The van der Waals surface area contributed by atoms with Gasteiger partial charge in [-0.25, -0.2) is 0 Å². The smallest absolute Gasteiger partial charge is 0.202 e. The van der Waals surface area contributed by atoms with Gasteiger partial charge in [-0.2, -0.15) is 0 Å². The molecule has 1 aliphatic carbocycles. The molecule has 2 nitrogen and oxygen atoms in total. The number of carbonyl (C=O) groups excluding carboxylic acids is 1. The van der Waals surface area contributed by atoms with Gasteiger partial charge >= 0.3 is 0 Å². The Morgan fingerprint density at radius 2 is 1.71 bits per heavy atom. The summed E-state index contributed by atoms with van der Waals surface area (Å²) in [5.74, 6) is 0.264. The number of rotatable bonds is 0. The van der Waals surface area contributed by atoms with Crippen LogP contribution in [0, 0.1) is 0 Å². The van der Waals surface area contributed by atoms with Crippen LogP contribution < -0.4 is 0 Å². The second-order valence-corrected chi connectivity index (χ2v) is 2.50. The zero-order valence-electron chi connectivity index (χ0n) is 4.32. The fraction of sp³-hybridized carbons (Fsp3) is 0.800. The second-order valence-electron chi connectivity index (χ2n) is 2.50. The lowest BCUT2D eigenvalue weighted by Gasteiger charge is -1.86. The summed E-state index contributed by atoms with van der Waals surface area (Å²) in [6, 6.07) is 0. The molecule has 0 radical (unpaired) electrons. The lowest BCUT2D eigenvalue weighted by Crippen LogP contribution is -2.03. The molecule has 0 aromatic rings. The average Bonchev–Trinajstić information content (AvgIpc) is 2.24. The first kappa shape index (κ1) is 3.61. The van der Waals surface area contributed by atoms with Gasteiger partial charge in [0.1, 0.15) is 0 Å². The fourth-order valence-electron chi connectivity index (χ4n) is 1.02. The molecule has 1 heterocycles. The highest BCUT2D eigenvalue weighted by atomic mass is 16.7. The van der Waals surface area contributed by atoms with E-state index in [0.29, 0.717) is 0 Å². The van der Waals surface area contributed by atoms with E-state index in [1.807, 2.05) is 13.8 Å². The predicted octanol–water partition coefficient (Wildman–Crippen LogP) is 0.117. The predicted molar refractivity (Wildman–Crippen MR) is 22.9 cm³/mol. The van der Waals surface area contributed by atoms with Gasteiger partial charge in [-0.1, -0.05) is 0 Å². The van der Waals surface area contributed by atoms with Crippen molar-refractivity contribution in [1.82, 2.24) is 0 Å². The van der Waals surface area contributed by atoms with E-state index in [1.165, 1.54) is 0 Å². The highest BCUT2D eigenvalue weighted by Crippen LogP contribution is 2.66. The van der Waals surface area contributed by atoms with Gasteiger partial charge in [-0.15, -0.1) is 0 Å². The summed E-state index contributed by atoms with van der Waals surface area (Å²) in [5, 5.41) is 0. The van der Waals surface area contributed by atoms with E-state index >= 15 is 0 Å². The molecular weight excluding hydrogens is 92.1 g/mol. The topological polar surface area (TPSA) is 29.6 Å². The van der Waals surface area contributed by atoms with E-state index in [9.17, 15) is 4.79 Å². The van der Waals surface area contributed by atoms with Crippen LogP contribution in [0.3, 0.4) is 0 Å². The summed E-state index contributed by atoms with van der Waals surface area (Å²) in [6.45, 7) is 3.66. The molecule has 2 aliphatic rings. The van der Waals surface area contributed by atoms with Crippen molar-refractivity contribution in [2.45, 2.75) is 25.0 Å². The van der Waals surface area contributed by atoms with Crippen LogP contribution in [-0.4, -0.2) is 17.0 Å². The van der Waals surface area contributed by atoms with Crippen molar-refractivity contribution >= 4 is 5.78 Å². The van der Waals surface area contributed by atoms with Crippen molar-refractivity contribution in [3.63, 3.8) is 0 Å². The number of ether oxygens (including phenoxy) is 1. The Balaban J connectivity index is 2.45. The van der Waals surface area contributed by atoms with Crippen molar-refractivity contribution in [2.75, 3.05) is 0 Å². The Hall–Kier alpha value is -0.370. The number of hydrogen-bond acceptors (Lipinski definition) is 2. The van der Waals surface area contributed by atoms with Gasteiger partial charge in [0.05, 0.1) is 0 Å². The molecule has 0 amide bonds. The summed E-state index contributed by atoms with van der Waals surface area (Å²) in [4.78, 5) is 10.5. The summed E-state index contributed by atoms with van der Waals surface area (Å²) in [7, 11) is 0. The van der Waals surface area contributed by atoms with Gasteiger partial charge in [0.2, 0.25) is 5.78 Å². The maximum atomic E-state index is 10.5. The molecule has 2 fully saturated rings. The minimum Gasteiger partial charge on any atom is -0.346 e. The van der Waals surface area contributed by atoms with Gasteiger partial charge in [0.25, 0.3) is 0 Å². The average molecular weight is 98.1 g/mol. The summed E-state index contributed by atoms with van der Waals surface area (Å²) in [5.41, 5.74) is -0.653. The van der Waals surface area contributed by atoms with Gasteiger partial charge in [-0.3, -0.25) is 4.79 Å². The molecule has 2 unspecified atom stereocenters. The van der Waals surface area contributed by atoms with Crippen molar-refractivity contribution in [3.05, 3.63) is 0 Å². The molecule has 7 heavy (non-hydrogen) atoms. The number of fused-ring (bicyclic) bond motifs is 1. The molecule has 2 heteroatoms. The Kier molecular flexibility index (Phi) is 0.255. The third kappa shape index (κ3) is 0.145. The first-order chi connectivity index (χ1) is 3.11. The van der Waals surface area contributed by atoms with Crippen LogP contribution >= 0.6 is 0 Å². The van der Waals surface area contributed by atoms with Crippen LogP contribution in [0.4, 0.5) is 0 Å². The zero-order valence-corrected chi connectivity index (χ0v) is 4.32. The van der Waals surface area contributed by atoms with E-state index in [1.54, 1.807) is 0 Å². The molecule has 1 saturated carbocycles. The molecule has 0 aromatic carbocycles. The maximum absolute atomic E-state index is 10.5. The monoisotopic (exact) mass is 98.0 g/mol. The van der Waals surface area contributed by atoms with Crippen molar-refractivity contribution in [3.8, 4) is 0 Å². The van der Waals surface area contributed by atoms with Crippen molar-refractivity contribution in [2.24, 2.45) is 0 Å². The van der Waals surface area contributed by atoms with Gasteiger partial charge in [0.15, 0.2) is 11.2 Å². The van der Waals surface area contributed by atoms with E-state index in [-0.39, 0.29) is 17.0 Å².